The van der Waals surface area contributed by atoms with Crippen molar-refractivity contribution in [3.63, 3.8) is 0 Å². The first-order valence-electron chi connectivity index (χ1n) is 6.44. The number of aromatic nitrogens is 1. The first kappa shape index (κ1) is 14.3. The highest BCUT2D eigenvalue weighted by atomic mass is 32.2. The second kappa shape index (κ2) is 5.63. The third kappa shape index (κ3) is 3.02. The average Bonchev–Trinajstić information content (AvgIpc) is 2.88. The zero-order valence-electron chi connectivity index (χ0n) is 11.4. The number of rotatable bonds is 4. The van der Waals surface area contributed by atoms with Crippen molar-refractivity contribution in [3.05, 3.63) is 34.8 Å². The second-order valence-electron chi connectivity index (χ2n) is 4.60. The molecule has 0 fully saturated rings. The van der Waals surface area contributed by atoms with Crippen molar-refractivity contribution in [2.75, 3.05) is 18.4 Å². The van der Waals surface area contributed by atoms with Gasteiger partial charge < -0.3 is 10.1 Å². The average molecular weight is 325 g/mol. The molecule has 1 aliphatic heterocycles. The van der Waals surface area contributed by atoms with E-state index in [1.165, 1.54) is 30.6 Å². The smallest absolute Gasteiger partial charge is 0.263 e. The van der Waals surface area contributed by atoms with Crippen LogP contribution in [0, 0.1) is 0 Å². The third-order valence-corrected chi connectivity index (χ3v) is 5.65. The molecular weight excluding hydrogens is 310 g/mol. The zero-order valence-corrected chi connectivity index (χ0v) is 13.1. The van der Waals surface area contributed by atoms with Crippen molar-refractivity contribution in [2.45, 2.75) is 17.9 Å². The van der Waals surface area contributed by atoms with E-state index >= 15 is 0 Å². The maximum Gasteiger partial charge on any atom is 0.263 e. The van der Waals surface area contributed by atoms with Crippen LogP contribution in [0.5, 0.6) is 5.75 Å². The molecule has 0 amide bonds. The van der Waals surface area contributed by atoms with Crippen LogP contribution < -0.4 is 14.8 Å². The summed E-state index contributed by atoms with van der Waals surface area (Å²) < 4.78 is 32.3. The lowest BCUT2D eigenvalue weighted by molar-refractivity contribution is 0.413. The predicted octanol–water partition coefficient (Wildman–Crippen LogP) is 1.60. The number of benzene rings is 1. The summed E-state index contributed by atoms with van der Waals surface area (Å²) in [6, 6.07) is 6.36. The van der Waals surface area contributed by atoms with Gasteiger partial charge in [0.1, 0.15) is 5.75 Å². The number of thiazole rings is 1. The number of hydrogen-bond donors (Lipinski definition) is 2. The summed E-state index contributed by atoms with van der Waals surface area (Å²) in [6.45, 7) is 1.62. The van der Waals surface area contributed by atoms with Crippen molar-refractivity contribution < 1.29 is 13.2 Å². The van der Waals surface area contributed by atoms with E-state index in [4.69, 9.17) is 4.74 Å². The molecule has 6 nitrogen and oxygen atoms in total. The van der Waals surface area contributed by atoms with Crippen LogP contribution in [0.4, 0.5) is 5.13 Å². The molecule has 1 aromatic carbocycles. The number of anilines is 1. The Bertz CT molecular complexity index is 732. The number of ether oxygens (including phenoxy) is 1. The summed E-state index contributed by atoms with van der Waals surface area (Å²) >= 11 is 1.37. The topological polar surface area (TPSA) is 80.3 Å². The number of sulfonamides is 1. The van der Waals surface area contributed by atoms with Gasteiger partial charge in [-0.15, -0.1) is 0 Å². The second-order valence-corrected chi connectivity index (χ2v) is 7.37. The van der Waals surface area contributed by atoms with Gasteiger partial charge in [0.25, 0.3) is 10.0 Å². The maximum absolute atomic E-state index is 12.4. The molecule has 1 aliphatic rings. The fourth-order valence-electron chi connectivity index (χ4n) is 2.11. The van der Waals surface area contributed by atoms with E-state index < -0.39 is 10.0 Å². The summed E-state index contributed by atoms with van der Waals surface area (Å²) in [5.74, 6) is 0.500. The monoisotopic (exact) mass is 325 g/mol. The first-order chi connectivity index (χ1) is 10.1. The molecule has 3 rings (SSSR count). The molecule has 0 aliphatic carbocycles. The molecule has 2 aromatic rings. The van der Waals surface area contributed by atoms with Crippen molar-refractivity contribution in [2.24, 2.45) is 0 Å². The van der Waals surface area contributed by atoms with Crippen LogP contribution in [0.3, 0.4) is 0 Å². The van der Waals surface area contributed by atoms with Crippen LogP contribution >= 0.6 is 11.3 Å². The predicted molar refractivity (Wildman–Crippen MR) is 81.3 cm³/mol. The molecule has 21 heavy (non-hydrogen) atoms. The minimum absolute atomic E-state index is 0.160. The van der Waals surface area contributed by atoms with Gasteiger partial charge in [-0.3, -0.25) is 4.72 Å². The molecule has 0 bridgehead atoms. The largest absolute Gasteiger partial charge is 0.497 e. The standard InChI is InChI=1S/C13H15N3O3S2/c1-19-9-3-2-4-10(7-9)21(17,18)16-13-15-11-5-6-14-8-12(11)20-13/h2-4,7,14H,5-6,8H2,1H3,(H,15,16). The van der Waals surface area contributed by atoms with Gasteiger partial charge >= 0.3 is 0 Å². The quantitative estimate of drug-likeness (QED) is 0.892. The van der Waals surface area contributed by atoms with E-state index in [2.05, 4.69) is 15.0 Å². The molecule has 0 spiro atoms. The van der Waals surface area contributed by atoms with Crippen molar-refractivity contribution in [3.8, 4) is 5.75 Å². The summed E-state index contributed by atoms with van der Waals surface area (Å²) in [6.07, 6.45) is 0.826. The highest BCUT2D eigenvalue weighted by Crippen LogP contribution is 2.27. The highest BCUT2D eigenvalue weighted by molar-refractivity contribution is 7.93. The molecule has 8 heteroatoms. The number of methoxy groups -OCH3 is 1. The van der Waals surface area contributed by atoms with Crippen LogP contribution in [0.25, 0.3) is 0 Å². The molecule has 112 valence electrons. The lowest BCUT2D eigenvalue weighted by atomic mass is 10.2. The first-order valence-corrected chi connectivity index (χ1v) is 8.74. The number of nitrogens with zero attached hydrogens (tertiary/aromatic N) is 1. The Hall–Kier alpha value is -1.64. The molecule has 0 saturated carbocycles. The Morgan fingerprint density at radius 3 is 3.05 bits per heavy atom. The maximum atomic E-state index is 12.4. The summed E-state index contributed by atoms with van der Waals surface area (Å²) in [5.41, 5.74) is 0.974. The zero-order chi connectivity index (χ0) is 14.9. The number of nitrogens with one attached hydrogen (secondary N) is 2. The SMILES string of the molecule is COc1cccc(S(=O)(=O)Nc2nc3c(s2)CNCC3)c1. The van der Waals surface area contributed by atoms with Gasteiger partial charge in [-0.25, -0.2) is 13.4 Å². The summed E-state index contributed by atoms with van der Waals surface area (Å²) in [5, 5.41) is 3.65. The third-order valence-electron chi connectivity index (χ3n) is 3.18. The Morgan fingerprint density at radius 2 is 2.29 bits per heavy atom. The lowest BCUT2D eigenvalue weighted by Crippen LogP contribution is -2.22. The van der Waals surface area contributed by atoms with Crippen LogP contribution in [0.2, 0.25) is 0 Å². The normalized spacial score (nSPS) is 14.5. The fourth-order valence-corrected chi connectivity index (χ4v) is 4.36. The van der Waals surface area contributed by atoms with Gasteiger partial charge in [0.2, 0.25) is 0 Å². The van der Waals surface area contributed by atoms with Crippen molar-refractivity contribution in [1.82, 2.24) is 10.3 Å². The van der Waals surface area contributed by atoms with Gasteiger partial charge in [0, 0.05) is 30.5 Å². The van der Waals surface area contributed by atoms with Gasteiger partial charge in [-0.1, -0.05) is 17.4 Å². The van der Waals surface area contributed by atoms with Crippen LogP contribution in [-0.4, -0.2) is 27.1 Å². The van der Waals surface area contributed by atoms with E-state index in [1.54, 1.807) is 12.1 Å². The van der Waals surface area contributed by atoms with Gasteiger partial charge in [-0.2, -0.15) is 0 Å². The Morgan fingerprint density at radius 1 is 1.43 bits per heavy atom. The summed E-state index contributed by atoms with van der Waals surface area (Å²) in [4.78, 5) is 5.61. The van der Waals surface area contributed by atoms with Gasteiger partial charge in [-0.05, 0) is 12.1 Å². The minimum Gasteiger partial charge on any atom is -0.497 e. The molecule has 2 heterocycles. The van der Waals surface area contributed by atoms with Crippen molar-refractivity contribution >= 4 is 26.5 Å². The van der Waals surface area contributed by atoms with E-state index in [0.717, 1.165) is 30.1 Å². The fraction of sp³-hybridized carbons (Fsp3) is 0.308. The molecular formula is C13H15N3O3S2. The van der Waals surface area contributed by atoms with Crippen LogP contribution in [0.15, 0.2) is 29.2 Å². The molecule has 0 saturated heterocycles. The van der Waals surface area contributed by atoms with E-state index in [0.29, 0.717) is 10.9 Å². The lowest BCUT2D eigenvalue weighted by Gasteiger charge is -2.09. The van der Waals surface area contributed by atoms with Gasteiger partial charge in [0.05, 0.1) is 17.7 Å². The molecule has 1 aromatic heterocycles. The molecule has 0 atom stereocenters. The summed E-state index contributed by atoms with van der Waals surface area (Å²) in [7, 11) is -2.15. The molecule has 0 radical (unpaired) electrons. The number of hydrogen-bond acceptors (Lipinski definition) is 6. The Kier molecular flexibility index (Phi) is 3.83. The van der Waals surface area contributed by atoms with E-state index in [-0.39, 0.29) is 4.90 Å². The number of fused-ring (bicyclic) bond motifs is 1. The molecule has 0 unspecified atom stereocenters. The Labute approximate surface area is 127 Å². The Balaban J connectivity index is 1.87. The molecule has 2 N–H and O–H groups in total. The van der Waals surface area contributed by atoms with Crippen molar-refractivity contribution in [1.29, 1.82) is 0 Å². The highest BCUT2D eigenvalue weighted by Gasteiger charge is 2.20. The van der Waals surface area contributed by atoms with Gasteiger partial charge in [0.15, 0.2) is 5.13 Å². The van der Waals surface area contributed by atoms with Crippen LogP contribution in [-0.2, 0) is 23.0 Å². The minimum atomic E-state index is -3.65. The van der Waals surface area contributed by atoms with Crippen LogP contribution in [0.1, 0.15) is 10.6 Å². The van der Waals surface area contributed by atoms with E-state index in [9.17, 15) is 8.42 Å². The van der Waals surface area contributed by atoms with E-state index in [1.807, 2.05) is 0 Å².